The molecule has 5 heteroatoms. The summed E-state index contributed by atoms with van der Waals surface area (Å²) in [5.74, 6) is 0.706. The van der Waals surface area contributed by atoms with Gasteiger partial charge >= 0.3 is 0 Å². The summed E-state index contributed by atoms with van der Waals surface area (Å²) in [6, 6.07) is 10.1. The quantitative estimate of drug-likeness (QED) is 0.571. The first kappa shape index (κ1) is 18.5. The van der Waals surface area contributed by atoms with Crippen LogP contribution >= 0.6 is 23.2 Å². The minimum absolute atomic E-state index is 0.508. The Hall–Kier alpha value is -1.29. The van der Waals surface area contributed by atoms with Gasteiger partial charge in [0.2, 0.25) is 0 Å². The number of pyridine rings is 1. The SMILES string of the molecule is Clc1ccc(OCCCCN2CCCC[C@@H]2c2cccnc2)c(Cl)c1. The molecule has 0 N–H and O–H groups in total. The monoisotopic (exact) mass is 378 g/mol. The van der Waals surface area contributed by atoms with Gasteiger partial charge in [0.1, 0.15) is 5.75 Å². The molecule has 1 saturated heterocycles. The van der Waals surface area contributed by atoms with Gasteiger partial charge in [-0.05, 0) is 68.6 Å². The molecule has 3 nitrogen and oxygen atoms in total. The fraction of sp³-hybridized carbons (Fsp3) is 0.450. The Morgan fingerprint density at radius 1 is 1.16 bits per heavy atom. The first-order valence-corrected chi connectivity index (χ1v) is 9.71. The zero-order valence-corrected chi connectivity index (χ0v) is 15.8. The fourth-order valence-corrected chi connectivity index (χ4v) is 3.86. The van der Waals surface area contributed by atoms with Gasteiger partial charge in [-0.15, -0.1) is 0 Å². The van der Waals surface area contributed by atoms with Crippen LogP contribution in [0.3, 0.4) is 0 Å². The topological polar surface area (TPSA) is 25.4 Å². The molecule has 0 amide bonds. The predicted molar refractivity (Wildman–Crippen MR) is 104 cm³/mol. The highest BCUT2D eigenvalue weighted by Gasteiger charge is 2.23. The van der Waals surface area contributed by atoms with Gasteiger partial charge in [-0.3, -0.25) is 9.88 Å². The van der Waals surface area contributed by atoms with Crippen LogP contribution in [0.1, 0.15) is 43.7 Å². The second-order valence-corrected chi connectivity index (χ2v) is 7.31. The number of ether oxygens (including phenoxy) is 1. The van der Waals surface area contributed by atoms with Gasteiger partial charge in [-0.2, -0.15) is 0 Å². The fourth-order valence-electron chi connectivity index (χ4n) is 3.40. The van der Waals surface area contributed by atoms with Gasteiger partial charge < -0.3 is 4.74 Å². The molecule has 2 aromatic rings. The number of aromatic nitrogens is 1. The molecule has 134 valence electrons. The maximum atomic E-state index is 6.13. The molecular formula is C20H24Cl2N2O. The van der Waals surface area contributed by atoms with E-state index in [1.165, 1.54) is 31.4 Å². The molecule has 2 heterocycles. The van der Waals surface area contributed by atoms with E-state index in [9.17, 15) is 0 Å². The summed E-state index contributed by atoms with van der Waals surface area (Å²) in [6.07, 6.45) is 9.78. The zero-order chi connectivity index (χ0) is 17.5. The van der Waals surface area contributed by atoms with E-state index >= 15 is 0 Å². The molecule has 1 aliphatic rings. The van der Waals surface area contributed by atoms with Crippen molar-refractivity contribution in [2.45, 2.75) is 38.1 Å². The Bertz CT molecular complexity index is 666. The van der Waals surface area contributed by atoms with Crippen LogP contribution in [-0.4, -0.2) is 29.6 Å². The highest BCUT2D eigenvalue weighted by Crippen LogP contribution is 2.31. The molecule has 0 unspecified atom stereocenters. The van der Waals surface area contributed by atoms with Crippen LogP contribution in [0, 0.1) is 0 Å². The summed E-state index contributed by atoms with van der Waals surface area (Å²) >= 11 is 12.0. The minimum atomic E-state index is 0.508. The Morgan fingerprint density at radius 3 is 2.88 bits per heavy atom. The van der Waals surface area contributed by atoms with Gasteiger partial charge in [0.25, 0.3) is 0 Å². The number of likely N-dealkylation sites (tertiary alicyclic amines) is 1. The summed E-state index contributed by atoms with van der Waals surface area (Å²) < 4.78 is 5.77. The molecule has 0 aliphatic carbocycles. The lowest BCUT2D eigenvalue weighted by Gasteiger charge is -2.35. The molecule has 1 aromatic carbocycles. The largest absolute Gasteiger partial charge is 0.492 e. The third kappa shape index (κ3) is 5.34. The lowest BCUT2D eigenvalue weighted by molar-refractivity contribution is 0.143. The molecular weight excluding hydrogens is 355 g/mol. The van der Waals surface area contributed by atoms with Crippen molar-refractivity contribution in [1.29, 1.82) is 0 Å². The van der Waals surface area contributed by atoms with Gasteiger partial charge in [0.05, 0.1) is 11.6 Å². The van der Waals surface area contributed by atoms with E-state index in [1.807, 2.05) is 24.5 Å². The van der Waals surface area contributed by atoms with Crippen molar-refractivity contribution in [3.8, 4) is 5.75 Å². The number of nitrogens with zero attached hydrogens (tertiary/aromatic N) is 2. The summed E-state index contributed by atoms with van der Waals surface area (Å²) in [6.45, 7) is 2.94. The van der Waals surface area contributed by atoms with Crippen molar-refractivity contribution >= 4 is 23.2 Å². The maximum absolute atomic E-state index is 6.13. The average Bonchev–Trinajstić information content (AvgIpc) is 2.64. The maximum Gasteiger partial charge on any atom is 0.137 e. The van der Waals surface area contributed by atoms with Crippen LogP contribution in [-0.2, 0) is 0 Å². The van der Waals surface area contributed by atoms with Crippen molar-refractivity contribution in [2.24, 2.45) is 0 Å². The second-order valence-electron chi connectivity index (χ2n) is 6.46. The number of piperidine rings is 1. The van der Waals surface area contributed by atoms with Crippen LogP contribution in [0.2, 0.25) is 10.0 Å². The summed E-state index contributed by atoms with van der Waals surface area (Å²) in [4.78, 5) is 6.88. The van der Waals surface area contributed by atoms with Gasteiger partial charge in [-0.25, -0.2) is 0 Å². The zero-order valence-electron chi connectivity index (χ0n) is 14.3. The molecule has 1 atom stereocenters. The van der Waals surface area contributed by atoms with Crippen LogP contribution in [0.25, 0.3) is 0 Å². The number of hydrogen-bond donors (Lipinski definition) is 0. The van der Waals surface area contributed by atoms with Crippen molar-refractivity contribution in [2.75, 3.05) is 19.7 Å². The standard InChI is InChI=1S/C20H24Cl2N2O/c21-17-8-9-20(18(22)14-17)25-13-4-3-12-24-11-2-1-7-19(24)16-6-5-10-23-15-16/h5-6,8-10,14-15,19H,1-4,7,11-13H2/t19-/m1/s1. The lowest BCUT2D eigenvalue weighted by atomic mass is 9.96. The summed E-state index contributed by atoms with van der Waals surface area (Å²) in [5, 5.41) is 1.20. The molecule has 1 aliphatic heterocycles. The number of rotatable bonds is 7. The van der Waals surface area contributed by atoms with E-state index in [2.05, 4.69) is 16.0 Å². The number of benzene rings is 1. The molecule has 0 bridgehead atoms. The van der Waals surface area contributed by atoms with E-state index in [-0.39, 0.29) is 0 Å². The van der Waals surface area contributed by atoms with E-state index in [0.717, 1.165) is 19.4 Å². The van der Waals surface area contributed by atoms with Crippen molar-refractivity contribution in [3.05, 3.63) is 58.3 Å². The van der Waals surface area contributed by atoms with E-state index < -0.39 is 0 Å². The van der Waals surface area contributed by atoms with E-state index in [1.54, 1.807) is 12.1 Å². The van der Waals surface area contributed by atoms with Crippen LogP contribution in [0.5, 0.6) is 5.75 Å². The highest BCUT2D eigenvalue weighted by atomic mass is 35.5. The minimum Gasteiger partial charge on any atom is -0.492 e. The number of halogens is 2. The molecule has 1 aromatic heterocycles. The van der Waals surface area contributed by atoms with Crippen molar-refractivity contribution < 1.29 is 4.74 Å². The number of hydrogen-bond acceptors (Lipinski definition) is 3. The lowest BCUT2D eigenvalue weighted by Crippen LogP contribution is -2.34. The van der Waals surface area contributed by atoms with Gasteiger partial charge in [-0.1, -0.05) is 35.7 Å². The first-order valence-electron chi connectivity index (χ1n) is 8.96. The highest BCUT2D eigenvalue weighted by molar-refractivity contribution is 6.35. The molecule has 0 radical (unpaired) electrons. The number of unbranched alkanes of at least 4 members (excludes halogenated alkanes) is 1. The Balaban J connectivity index is 1.44. The molecule has 25 heavy (non-hydrogen) atoms. The average molecular weight is 379 g/mol. The molecule has 1 fully saturated rings. The molecule has 0 saturated carbocycles. The molecule has 0 spiro atoms. The predicted octanol–water partition coefficient (Wildman–Crippen LogP) is 5.77. The second kappa shape index (κ2) is 9.42. The third-order valence-corrected chi connectivity index (χ3v) is 5.20. The Kier molecular flexibility index (Phi) is 6.97. The Morgan fingerprint density at radius 2 is 2.08 bits per heavy atom. The van der Waals surface area contributed by atoms with Crippen LogP contribution in [0.15, 0.2) is 42.7 Å². The van der Waals surface area contributed by atoms with E-state index in [4.69, 9.17) is 27.9 Å². The third-order valence-electron chi connectivity index (χ3n) is 4.67. The summed E-state index contributed by atoms with van der Waals surface area (Å²) in [7, 11) is 0. The Labute approximate surface area is 159 Å². The van der Waals surface area contributed by atoms with Crippen LogP contribution in [0.4, 0.5) is 0 Å². The first-order chi connectivity index (χ1) is 12.2. The van der Waals surface area contributed by atoms with Crippen LogP contribution < -0.4 is 4.74 Å². The van der Waals surface area contributed by atoms with Crippen molar-refractivity contribution in [1.82, 2.24) is 9.88 Å². The van der Waals surface area contributed by atoms with Gasteiger partial charge in [0, 0.05) is 23.5 Å². The van der Waals surface area contributed by atoms with Crippen molar-refractivity contribution in [3.63, 3.8) is 0 Å². The van der Waals surface area contributed by atoms with Gasteiger partial charge in [0.15, 0.2) is 0 Å². The molecule has 3 rings (SSSR count). The van der Waals surface area contributed by atoms with E-state index in [0.29, 0.717) is 28.4 Å². The smallest absolute Gasteiger partial charge is 0.137 e. The normalized spacial score (nSPS) is 18.2. The summed E-state index contributed by atoms with van der Waals surface area (Å²) in [5.41, 5.74) is 1.34.